The highest BCUT2D eigenvalue weighted by Crippen LogP contribution is 2.16. The maximum absolute atomic E-state index is 12.7. The van der Waals surface area contributed by atoms with Crippen LogP contribution >= 0.6 is 0 Å². The van der Waals surface area contributed by atoms with Gasteiger partial charge in [-0.2, -0.15) is 10.2 Å². The molecule has 0 aliphatic carbocycles. The minimum atomic E-state index is -0.197. The van der Waals surface area contributed by atoms with Crippen LogP contribution in [0.5, 0.6) is 0 Å². The smallest absolute Gasteiger partial charge is 0.276 e. The Kier molecular flexibility index (Phi) is 4.46. The van der Waals surface area contributed by atoms with Crippen molar-refractivity contribution in [1.29, 1.82) is 0 Å². The second kappa shape index (κ2) is 6.95. The highest BCUT2D eigenvalue weighted by molar-refractivity contribution is 5.97. The second-order valence-corrected chi connectivity index (χ2v) is 6.88. The van der Waals surface area contributed by atoms with Crippen LogP contribution in [0.2, 0.25) is 0 Å². The van der Waals surface area contributed by atoms with Crippen molar-refractivity contribution < 1.29 is 4.79 Å². The van der Waals surface area contributed by atoms with Crippen LogP contribution in [0.15, 0.2) is 41.5 Å². The Morgan fingerprint density at radius 3 is 2.79 bits per heavy atom. The van der Waals surface area contributed by atoms with Crippen LogP contribution in [-0.4, -0.2) is 29.9 Å². The Bertz CT molecular complexity index is 1250. The Morgan fingerprint density at radius 2 is 2.00 bits per heavy atom. The van der Waals surface area contributed by atoms with E-state index in [1.807, 2.05) is 23.9 Å². The van der Waals surface area contributed by atoms with Crippen LogP contribution in [0, 0.1) is 6.92 Å². The molecule has 1 amide bonds. The van der Waals surface area contributed by atoms with Crippen molar-refractivity contribution in [2.24, 2.45) is 7.05 Å². The van der Waals surface area contributed by atoms with E-state index in [-0.39, 0.29) is 11.5 Å². The van der Waals surface area contributed by atoms with Crippen LogP contribution in [0.3, 0.4) is 0 Å². The van der Waals surface area contributed by atoms with E-state index in [1.165, 1.54) is 0 Å². The van der Waals surface area contributed by atoms with Gasteiger partial charge in [0.25, 0.3) is 11.5 Å². The molecular formula is C20H22N6O2. The molecule has 0 fully saturated rings. The molecule has 0 aliphatic rings. The fraction of sp³-hybridized carbons (Fsp3) is 0.300. The van der Waals surface area contributed by atoms with Crippen molar-refractivity contribution in [3.63, 3.8) is 0 Å². The number of hydrogen-bond donors (Lipinski definition) is 1. The molecule has 0 unspecified atom stereocenters. The zero-order chi connectivity index (χ0) is 19.8. The standard InChI is InChI=1S/C20H22N6O2/c1-4-9-25-12-15(13(2)23-25)11-21-19(27)14-5-6-16-18(10-14)24(3)20(28)17-7-8-22-26(16)17/h5-8,10,12H,4,9,11H2,1-3H3,(H,21,27). The maximum atomic E-state index is 12.7. The minimum Gasteiger partial charge on any atom is -0.348 e. The van der Waals surface area contributed by atoms with Gasteiger partial charge in [-0.3, -0.25) is 14.3 Å². The summed E-state index contributed by atoms with van der Waals surface area (Å²) in [6, 6.07) is 6.97. The van der Waals surface area contributed by atoms with E-state index in [0.29, 0.717) is 23.1 Å². The lowest BCUT2D eigenvalue weighted by molar-refractivity contribution is 0.0951. The predicted octanol–water partition coefficient (Wildman–Crippen LogP) is 2.03. The van der Waals surface area contributed by atoms with Gasteiger partial charge in [-0.25, -0.2) is 4.52 Å². The van der Waals surface area contributed by atoms with Gasteiger partial charge < -0.3 is 9.88 Å². The zero-order valence-electron chi connectivity index (χ0n) is 16.1. The molecule has 4 aromatic rings. The van der Waals surface area contributed by atoms with E-state index in [4.69, 9.17) is 0 Å². The van der Waals surface area contributed by atoms with E-state index in [2.05, 4.69) is 22.4 Å². The van der Waals surface area contributed by atoms with E-state index in [9.17, 15) is 9.59 Å². The number of rotatable bonds is 5. The predicted molar refractivity (Wildman–Crippen MR) is 106 cm³/mol. The lowest BCUT2D eigenvalue weighted by Gasteiger charge is -2.10. The monoisotopic (exact) mass is 378 g/mol. The van der Waals surface area contributed by atoms with Crippen LogP contribution in [0.25, 0.3) is 16.6 Å². The SMILES string of the molecule is CCCn1cc(CNC(=O)c2ccc3c(c2)n(C)c(=O)c2ccnn23)c(C)n1. The van der Waals surface area contributed by atoms with Gasteiger partial charge in [0.15, 0.2) is 0 Å². The highest BCUT2D eigenvalue weighted by Gasteiger charge is 2.13. The molecule has 0 atom stereocenters. The van der Waals surface area contributed by atoms with E-state index in [1.54, 1.807) is 40.5 Å². The normalized spacial score (nSPS) is 11.4. The van der Waals surface area contributed by atoms with E-state index >= 15 is 0 Å². The Labute approximate surface area is 161 Å². The Morgan fingerprint density at radius 1 is 1.18 bits per heavy atom. The van der Waals surface area contributed by atoms with Crippen molar-refractivity contribution in [3.05, 3.63) is 63.8 Å². The number of carbonyl (C=O) groups is 1. The molecule has 0 saturated carbocycles. The van der Waals surface area contributed by atoms with Crippen LogP contribution in [-0.2, 0) is 20.1 Å². The van der Waals surface area contributed by atoms with Crippen LogP contribution in [0.1, 0.15) is 35.0 Å². The largest absolute Gasteiger partial charge is 0.348 e. The fourth-order valence-electron chi connectivity index (χ4n) is 3.40. The van der Waals surface area contributed by atoms with Crippen molar-refractivity contribution in [1.82, 2.24) is 29.3 Å². The van der Waals surface area contributed by atoms with Crippen molar-refractivity contribution >= 4 is 22.5 Å². The third-order valence-corrected chi connectivity index (χ3v) is 4.93. The van der Waals surface area contributed by atoms with Gasteiger partial charge in [0.1, 0.15) is 5.52 Å². The summed E-state index contributed by atoms with van der Waals surface area (Å²) in [7, 11) is 1.70. The molecule has 144 valence electrons. The molecule has 3 aromatic heterocycles. The van der Waals surface area contributed by atoms with Crippen LogP contribution < -0.4 is 10.9 Å². The number of nitrogens with one attached hydrogen (secondary N) is 1. The number of fused-ring (bicyclic) bond motifs is 3. The Hall–Kier alpha value is -3.42. The summed E-state index contributed by atoms with van der Waals surface area (Å²) >= 11 is 0. The molecule has 0 radical (unpaired) electrons. The first-order valence-corrected chi connectivity index (χ1v) is 9.27. The van der Waals surface area contributed by atoms with Gasteiger partial charge in [0, 0.05) is 37.5 Å². The van der Waals surface area contributed by atoms with Gasteiger partial charge >= 0.3 is 0 Å². The number of aryl methyl sites for hydroxylation is 3. The molecule has 1 aromatic carbocycles. The molecule has 8 heteroatoms. The molecular weight excluding hydrogens is 356 g/mol. The van der Waals surface area contributed by atoms with Gasteiger partial charge in [-0.05, 0) is 37.6 Å². The molecule has 28 heavy (non-hydrogen) atoms. The molecule has 0 saturated heterocycles. The average Bonchev–Trinajstić information content (AvgIpc) is 3.31. The van der Waals surface area contributed by atoms with Gasteiger partial charge in [0.05, 0.1) is 22.9 Å². The molecule has 3 heterocycles. The first-order chi connectivity index (χ1) is 13.5. The van der Waals surface area contributed by atoms with Gasteiger partial charge in [-0.1, -0.05) is 6.92 Å². The second-order valence-electron chi connectivity index (χ2n) is 6.88. The van der Waals surface area contributed by atoms with Gasteiger partial charge in [-0.15, -0.1) is 0 Å². The summed E-state index contributed by atoms with van der Waals surface area (Å²) in [6.07, 6.45) is 4.57. The molecule has 1 N–H and O–H groups in total. The average molecular weight is 378 g/mol. The number of benzene rings is 1. The lowest BCUT2D eigenvalue weighted by Crippen LogP contribution is -2.24. The number of hydrogen-bond acceptors (Lipinski definition) is 4. The number of carbonyl (C=O) groups excluding carboxylic acids is 1. The molecule has 4 rings (SSSR count). The Balaban J connectivity index is 1.62. The molecule has 8 nitrogen and oxygen atoms in total. The molecule has 0 spiro atoms. The number of nitrogens with zero attached hydrogens (tertiary/aromatic N) is 5. The maximum Gasteiger partial charge on any atom is 0.276 e. The summed E-state index contributed by atoms with van der Waals surface area (Å²) in [4.78, 5) is 25.1. The highest BCUT2D eigenvalue weighted by atomic mass is 16.1. The van der Waals surface area contributed by atoms with E-state index in [0.717, 1.165) is 29.7 Å². The zero-order valence-corrected chi connectivity index (χ0v) is 16.1. The topological polar surface area (TPSA) is 86.2 Å². The summed E-state index contributed by atoms with van der Waals surface area (Å²) in [5.41, 5.74) is 4.18. The number of aromatic nitrogens is 5. The summed E-state index contributed by atoms with van der Waals surface area (Å²) in [5.74, 6) is -0.197. The van der Waals surface area contributed by atoms with Crippen LogP contribution in [0.4, 0.5) is 0 Å². The first kappa shape index (κ1) is 18.0. The van der Waals surface area contributed by atoms with Crippen molar-refractivity contribution in [2.75, 3.05) is 0 Å². The summed E-state index contributed by atoms with van der Waals surface area (Å²) < 4.78 is 5.05. The third-order valence-electron chi connectivity index (χ3n) is 4.93. The third kappa shape index (κ3) is 2.96. The summed E-state index contributed by atoms with van der Waals surface area (Å²) in [5, 5.41) is 11.6. The fourth-order valence-corrected chi connectivity index (χ4v) is 3.40. The van der Waals surface area contributed by atoms with Gasteiger partial charge in [0.2, 0.25) is 0 Å². The first-order valence-electron chi connectivity index (χ1n) is 9.27. The minimum absolute atomic E-state index is 0.151. The van der Waals surface area contributed by atoms with Crippen molar-refractivity contribution in [3.8, 4) is 0 Å². The molecule has 0 aliphatic heterocycles. The lowest BCUT2D eigenvalue weighted by atomic mass is 10.1. The summed E-state index contributed by atoms with van der Waals surface area (Å²) in [6.45, 7) is 5.30. The quantitative estimate of drug-likeness (QED) is 0.576. The van der Waals surface area contributed by atoms with Crippen molar-refractivity contribution in [2.45, 2.75) is 33.4 Å². The number of amides is 1. The van der Waals surface area contributed by atoms with E-state index < -0.39 is 0 Å². The molecule has 0 bridgehead atoms.